The first-order chi connectivity index (χ1) is 5.38. The van der Waals surface area contributed by atoms with E-state index in [1.165, 1.54) is 0 Å². The highest BCUT2D eigenvalue weighted by Gasteiger charge is 2.28. The summed E-state index contributed by atoms with van der Waals surface area (Å²) in [6, 6.07) is 1.82. The van der Waals surface area contributed by atoms with Crippen LogP contribution in [0.15, 0.2) is 12.3 Å². The highest BCUT2D eigenvalue weighted by atomic mass is 16.5. The lowest BCUT2D eigenvalue weighted by Crippen LogP contribution is -2.12. The molecular formula is C7H10N2O2. The maximum Gasteiger partial charge on any atom is 0.125 e. The van der Waals surface area contributed by atoms with Gasteiger partial charge in [0.1, 0.15) is 6.10 Å². The van der Waals surface area contributed by atoms with E-state index in [0.717, 1.165) is 5.69 Å². The molecule has 0 spiro atoms. The lowest BCUT2D eigenvalue weighted by Gasteiger charge is -2.10. The van der Waals surface area contributed by atoms with Crippen LogP contribution in [0, 0.1) is 0 Å². The van der Waals surface area contributed by atoms with Crippen molar-refractivity contribution in [3.8, 4) is 0 Å². The quantitative estimate of drug-likeness (QED) is 0.608. The highest BCUT2D eigenvalue weighted by Crippen LogP contribution is 2.26. The number of aliphatic hydroxyl groups is 1. The maximum atomic E-state index is 9.39. The summed E-state index contributed by atoms with van der Waals surface area (Å²) in [5.41, 5.74) is 0.856. The van der Waals surface area contributed by atoms with E-state index in [4.69, 9.17) is 4.74 Å². The van der Waals surface area contributed by atoms with Gasteiger partial charge in [-0.2, -0.15) is 5.10 Å². The summed E-state index contributed by atoms with van der Waals surface area (Å²) in [7, 11) is 0. The Labute approximate surface area is 64.2 Å². The van der Waals surface area contributed by atoms with Crippen LogP contribution in [0.1, 0.15) is 18.2 Å². The molecule has 2 atom stereocenters. The smallest absolute Gasteiger partial charge is 0.125 e. The second kappa shape index (κ2) is 2.64. The zero-order valence-corrected chi connectivity index (χ0v) is 6.03. The molecule has 0 amide bonds. The molecule has 0 radical (unpaired) electrons. The van der Waals surface area contributed by atoms with Gasteiger partial charge >= 0.3 is 0 Å². The van der Waals surface area contributed by atoms with E-state index in [9.17, 15) is 5.11 Å². The Bertz CT molecular complexity index is 222. The van der Waals surface area contributed by atoms with Crippen molar-refractivity contribution in [3.63, 3.8) is 0 Å². The van der Waals surface area contributed by atoms with Crippen molar-refractivity contribution >= 4 is 0 Å². The molecule has 0 bridgehead atoms. The molecule has 0 aliphatic carbocycles. The van der Waals surface area contributed by atoms with Crippen LogP contribution in [0.5, 0.6) is 0 Å². The van der Waals surface area contributed by atoms with Gasteiger partial charge in [0.25, 0.3) is 0 Å². The molecule has 11 heavy (non-hydrogen) atoms. The van der Waals surface area contributed by atoms with E-state index in [1.54, 1.807) is 6.20 Å². The molecule has 1 fully saturated rings. The van der Waals surface area contributed by atoms with Crippen LogP contribution in [0.2, 0.25) is 0 Å². The number of nitrogens with one attached hydrogen (secondary N) is 1. The third-order valence-electron chi connectivity index (χ3n) is 1.89. The largest absolute Gasteiger partial charge is 0.390 e. The summed E-state index contributed by atoms with van der Waals surface area (Å²) in [6.45, 7) is 0.630. The summed E-state index contributed by atoms with van der Waals surface area (Å²) in [5, 5.41) is 15.9. The molecule has 60 valence electrons. The van der Waals surface area contributed by atoms with Crippen molar-refractivity contribution in [2.24, 2.45) is 0 Å². The molecule has 1 aliphatic heterocycles. The molecule has 2 heterocycles. The van der Waals surface area contributed by atoms with Gasteiger partial charge in [-0.05, 0) is 12.5 Å². The first kappa shape index (κ1) is 6.82. The number of H-pyrrole nitrogens is 1. The third kappa shape index (κ3) is 1.15. The fourth-order valence-electron chi connectivity index (χ4n) is 1.30. The maximum absolute atomic E-state index is 9.39. The van der Waals surface area contributed by atoms with Crippen molar-refractivity contribution in [1.29, 1.82) is 0 Å². The monoisotopic (exact) mass is 154 g/mol. The van der Waals surface area contributed by atoms with Crippen molar-refractivity contribution in [2.45, 2.75) is 18.6 Å². The number of rotatable bonds is 1. The summed E-state index contributed by atoms with van der Waals surface area (Å²) >= 11 is 0. The molecular weight excluding hydrogens is 144 g/mol. The Balaban J connectivity index is 2.16. The van der Waals surface area contributed by atoms with Crippen LogP contribution in [0.25, 0.3) is 0 Å². The van der Waals surface area contributed by atoms with E-state index in [0.29, 0.717) is 13.0 Å². The number of ether oxygens (including phenoxy) is 1. The molecule has 1 saturated heterocycles. The van der Waals surface area contributed by atoms with Gasteiger partial charge in [-0.25, -0.2) is 0 Å². The van der Waals surface area contributed by atoms with Crippen molar-refractivity contribution in [2.75, 3.05) is 6.61 Å². The molecule has 0 aromatic carbocycles. The van der Waals surface area contributed by atoms with Crippen LogP contribution >= 0.6 is 0 Å². The minimum atomic E-state index is -0.379. The summed E-state index contributed by atoms with van der Waals surface area (Å²) in [6.07, 6.45) is 1.79. The fraction of sp³-hybridized carbons (Fsp3) is 0.571. The van der Waals surface area contributed by atoms with Crippen molar-refractivity contribution in [3.05, 3.63) is 18.0 Å². The SMILES string of the molecule is OC1CCOC1c1ccn[nH]1. The zero-order chi connectivity index (χ0) is 7.68. The summed E-state index contributed by atoms with van der Waals surface area (Å²) < 4.78 is 5.29. The van der Waals surface area contributed by atoms with Gasteiger partial charge in [-0.3, -0.25) is 5.10 Å². The number of aromatic nitrogens is 2. The molecule has 1 aromatic rings. The Morgan fingerprint density at radius 2 is 2.64 bits per heavy atom. The summed E-state index contributed by atoms with van der Waals surface area (Å²) in [4.78, 5) is 0. The molecule has 1 aromatic heterocycles. The van der Waals surface area contributed by atoms with Gasteiger partial charge in [-0.15, -0.1) is 0 Å². The van der Waals surface area contributed by atoms with Gasteiger partial charge in [0, 0.05) is 6.20 Å². The minimum absolute atomic E-state index is 0.197. The standard InChI is InChI=1S/C7H10N2O2/c10-6-2-4-11-7(6)5-1-3-8-9-5/h1,3,6-7,10H,2,4H2,(H,8,9). The Morgan fingerprint density at radius 1 is 1.73 bits per heavy atom. The van der Waals surface area contributed by atoms with E-state index in [-0.39, 0.29) is 12.2 Å². The van der Waals surface area contributed by atoms with Crippen LogP contribution in [-0.2, 0) is 4.74 Å². The van der Waals surface area contributed by atoms with Crippen molar-refractivity contribution < 1.29 is 9.84 Å². The fourth-order valence-corrected chi connectivity index (χ4v) is 1.30. The molecule has 2 unspecified atom stereocenters. The lowest BCUT2D eigenvalue weighted by molar-refractivity contribution is 0.0388. The molecule has 4 nitrogen and oxygen atoms in total. The first-order valence-corrected chi connectivity index (χ1v) is 3.67. The van der Waals surface area contributed by atoms with Crippen LogP contribution in [0.4, 0.5) is 0 Å². The second-order valence-corrected chi connectivity index (χ2v) is 2.66. The van der Waals surface area contributed by atoms with Crippen LogP contribution < -0.4 is 0 Å². The molecule has 2 rings (SSSR count). The average molecular weight is 154 g/mol. The Morgan fingerprint density at radius 3 is 3.18 bits per heavy atom. The van der Waals surface area contributed by atoms with Gasteiger partial charge in [0.2, 0.25) is 0 Å². The molecule has 1 aliphatic rings. The van der Waals surface area contributed by atoms with E-state index < -0.39 is 0 Å². The molecule has 0 saturated carbocycles. The highest BCUT2D eigenvalue weighted by molar-refractivity contribution is 5.05. The molecule has 2 N–H and O–H groups in total. The van der Waals surface area contributed by atoms with E-state index in [1.807, 2.05) is 6.07 Å². The van der Waals surface area contributed by atoms with Gasteiger partial charge in [-0.1, -0.05) is 0 Å². The predicted molar refractivity (Wildman–Crippen MR) is 37.9 cm³/mol. The Hall–Kier alpha value is -0.870. The summed E-state index contributed by atoms with van der Waals surface area (Å²) in [5.74, 6) is 0. The third-order valence-corrected chi connectivity index (χ3v) is 1.89. The van der Waals surface area contributed by atoms with Crippen LogP contribution in [0.3, 0.4) is 0 Å². The number of hydrogen-bond donors (Lipinski definition) is 2. The van der Waals surface area contributed by atoms with E-state index in [2.05, 4.69) is 10.2 Å². The lowest BCUT2D eigenvalue weighted by atomic mass is 10.1. The molecule has 4 heteroatoms. The van der Waals surface area contributed by atoms with Gasteiger partial charge in [0.15, 0.2) is 0 Å². The van der Waals surface area contributed by atoms with Gasteiger partial charge in [0.05, 0.1) is 18.4 Å². The normalized spacial score (nSPS) is 31.0. The topological polar surface area (TPSA) is 58.1 Å². The first-order valence-electron chi connectivity index (χ1n) is 3.67. The van der Waals surface area contributed by atoms with Crippen LogP contribution in [-0.4, -0.2) is 28.0 Å². The number of aliphatic hydroxyl groups excluding tert-OH is 1. The predicted octanol–water partition coefficient (Wildman–Crippen LogP) is 0.232. The number of aromatic amines is 1. The zero-order valence-electron chi connectivity index (χ0n) is 6.03. The number of nitrogens with zero attached hydrogens (tertiary/aromatic N) is 1. The Kier molecular flexibility index (Phi) is 1.63. The number of hydrogen-bond acceptors (Lipinski definition) is 3. The minimum Gasteiger partial charge on any atom is -0.390 e. The van der Waals surface area contributed by atoms with Crippen molar-refractivity contribution in [1.82, 2.24) is 10.2 Å². The average Bonchev–Trinajstić information content (AvgIpc) is 2.55. The van der Waals surface area contributed by atoms with E-state index >= 15 is 0 Å². The van der Waals surface area contributed by atoms with Gasteiger partial charge < -0.3 is 9.84 Å². The second-order valence-electron chi connectivity index (χ2n) is 2.66.